The van der Waals surface area contributed by atoms with Gasteiger partial charge in [0, 0.05) is 29.7 Å². The van der Waals surface area contributed by atoms with Crippen molar-refractivity contribution in [2.24, 2.45) is 0 Å². The molecular formula is C22H26N2O4. The third-order valence-corrected chi connectivity index (χ3v) is 4.43. The van der Waals surface area contributed by atoms with Crippen LogP contribution in [0, 0.1) is 0 Å². The summed E-state index contributed by atoms with van der Waals surface area (Å²) in [4.78, 5) is 23.8. The molecule has 0 aliphatic carbocycles. The van der Waals surface area contributed by atoms with Crippen molar-refractivity contribution in [2.45, 2.75) is 39.2 Å². The van der Waals surface area contributed by atoms with E-state index in [1.165, 1.54) is 0 Å². The summed E-state index contributed by atoms with van der Waals surface area (Å²) in [6, 6.07) is 12.7. The van der Waals surface area contributed by atoms with E-state index in [0.717, 1.165) is 17.7 Å². The standard InChI is InChI=1S/C22H26N2O4/c1-4-19(25)24-17-9-5-7-15(13-17)21(26)23-11-12-27-18-10-6-8-16-14-22(2,3)28-20(16)18/h5-10,13H,4,11-12,14H2,1-3H3,(H,23,26)(H,24,25). The normalized spacial score (nSPS) is 14.0. The lowest BCUT2D eigenvalue weighted by Gasteiger charge is -2.18. The zero-order valence-corrected chi connectivity index (χ0v) is 16.5. The number of para-hydroxylation sites is 1. The Morgan fingerprint density at radius 2 is 1.96 bits per heavy atom. The second-order valence-electron chi connectivity index (χ2n) is 7.37. The maximum absolute atomic E-state index is 12.3. The van der Waals surface area contributed by atoms with E-state index in [1.807, 2.05) is 32.0 Å². The van der Waals surface area contributed by atoms with Crippen LogP contribution in [0.4, 0.5) is 5.69 Å². The minimum Gasteiger partial charge on any atom is -0.488 e. The number of benzene rings is 2. The van der Waals surface area contributed by atoms with Crippen LogP contribution in [0.3, 0.4) is 0 Å². The Bertz CT molecular complexity index is 877. The molecule has 0 bridgehead atoms. The van der Waals surface area contributed by atoms with Gasteiger partial charge in [-0.3, -0.25) is 9.59 Å². The first-order valence-corrected chi connectivity index (χ1v) is 9.50. The number of carbonyl (C=O) groups is 2. The van der Waals surface area contributed by atoms with E-state index in [4.69, 9.17) is 9.47 Å². The zero-order chi connectivity index (χ0) is 20.1. The lowest BCUT2D eigenvalue weighted by Crippen LogP contribution is -2.28. The highest BCUT2D eigenvalue weighted by atomic mass is 16.5. The largest absolute Gasteiger partial charge is 0.488 e. The van der Waals surface area contributed by atoms with Crippen LogP contribution in [0.15, 0.2) is 42.5 Å². The fourth-order valence-corrected chi connectivity index (χ4v) is 3.12. The highest BCUT2D eigenvalue weighted by Crippen LogP contribution is 2.41. The summed E-state index contributed by atoms with van der Waals surface area (Å²) in [5.41, 5.74) is 2.00. The molecule has 28 heavy (non-hydrogen) atoms. The Morgan fingerprint density at radius 1 is 1.18 bits per heavy atom. The molecule has 0 fully saturated rings. The smallest absolute Gasteiger partial charge is 0.251 e. The average molecular weight is 382 g/mol. The lowest BCUT2D eigenvalue weighted by molar-refractivity contribution is -0.115. The molecule has 6 heteroatoms. The highest BCUT2D eigenvalue weighted by molar-refractivity contribution is 5.97. The van der Waals surface area contributed by atoms with Crippen LogP contribution in [-0.4, -0.2) is 30.6 Å². The van der Waals surface area contributed by atoms with Crippen LogP contribution in [0.25, 0.3) is 0 Å². The van der Waals surface area contributed by atoms with Crippen LogP contribution in [0.2, 0.25) is 0 Å². The molecule has 2 aromatic carbocycles. The van der Waals surface area contributed by atoms with E-state index in [1.54, 1.807) is 31.2 Å². The minimum atomic E-state index is -0.228. The highest BCUT2D eigenvalue weighted by Gasteiger charge is 2.32. The Hall–Kier alpha value is -3.02. The van der Waals surface area contributed by atoms with Gasteiger partial charge in [-0.15, -0.1) is 0 Å². The molecule has 1 aliphatic heterocycles. The third kappa shape index (κ3) is 4.82. The Labute approximate surface area is 165 Å². The van der Waals surface area contributed by atoms with Gasteiger partial charge in [0.15, 0.2) is 11.5 Å². The second kappa shape index (κ2) is 8.33. The Morgan fingerprint density at radius 3 is 2.75 bits per heavy atom. The fourth-order valence-electron chi connectivity index (χ4n) is 3.12. The molecule has 0 radical (unpaired) electrons. The van der Waals surface area contributed by atoms with Gasteiger partial charge in [-0.1, -0.05) is 25.1 Å². The summed E-state index contributed by atoms with van der Waals surface area (Å²) in [6.45, 7) is 6.57. The lowest BCUT2D eigenvalue weighted by atomic mass is 10.0. The van der Waals surface area contributed by atoms with Gasteiger partial charge >= 0.3 is 0 Å². The number of rotatable bonds is 7. The molecular weight excluding hydrogens is 356 g/mol. The van der Waals surface area contributed by atoms with Crippen molar-refractivity contribution >= 4 is 17.5 Å². The zero-order valence-electron chi connectivity index (χ0n) is 16.5. The Kier molecular flexibility index (Phi) is 5.87. The topological polar surface area (TPSA) is 76.7 Å². The summed E-state index contributed by atoms with van der Waals surface area (Å²) in [7, 11) is 0. The van der Waals surface area contributed by atoms with Gasteiger partial charge in [-0.2, -0.15) is 0 Å². The van der Waals surface area contributed by atoms with Crippen molar-refractivity contribution in [3.8, 4) is 11.5 Å². The van der Waals surface area contributed by atoms with E-state index in [0.29, 0.717) is 36.6 Å². The number of carbonyl (C=O) groups excluding carboxylic acids is 2. The number of amides is 2. The summed E-state index contributed by atoms with van der Waals surface area (Å²) < 4.78 is 11.8. The molecule has 0 atom stereocenters. The quantitative estimate of drug-likeness (QED) is 0.718. The first kappa shape index (κ1) is 19.7. The van der Waals surface area contributed by atoms with Crippen LogP contribution in [-0.2, 0) is 11.2 Å². The number of nitrogens with one attached hydrogen (secondary N) is 2. The maximum atomic E-state index is 12.3. The number of ether oxygens (including phenoxy) is 2. The SMILES string of the molecule is CCC(=O)Nc1cccc(C(=O)NCCOc2cccc3c2OC(C)(C)C3)c1. The third-order valence-electron chi connectivity index (χ3n) is 4.43. The predicted octanol–water partition coefficient (Wildman–Crippen LogP) is 3.56. The number of anilines is 1. The van der Waals surface area contributed by atoms with Crippen LogP contribution < -0.4 is 20.1 Å². The molecule has 0 aromatic heterocycles. The molecule has 2 aromatic rings. The van der Waals surface area contributed by atoms with Crippen molar-refractivity contribution in [3.63, 3.8) is 0 Å². The minimum absolute atomic E-state index is 0.0910. The predicted molar refractivity (Wildman–Crippen MR) is 108 cm³/mol. The molecule has 0 saturated carbocycles. The van der Waals surface area contributed by atoms with E-state index in [9.17, 15) is 9.59 Å². The molecule has 1 aliphatic rings. The van der Waals surface area contributed by atoms with Crippen LogP contribution in [0.1, 0.15) is 43.1 Å². The first-order chi connectivity index (χ1) is 13.4. The maximum Gasteiger partial charge on any atom is 0.251 e. The molecule has 0 saturated heterocycles. The molecule has 2 N–H and O–H groups in total. The monoisotopic (exact) mass is 382 g/mol. The van der Waals surface area contributed by atoms with E-state index in [2.05, 4.69) is 10.6 Å². The molecule has 0 spiro atoms. The van der Waals surface area contributed by atoms with E-state index < -0.39 is 0 Å². The Balaban J connectivity index is 1.52. The molecule has 148 valence electrons. The van der Waals surface area contributed by atoms with Gasteiger partial charge in [0.05, 0.1) is 6.54 Å². The van der Waals surface area contributed by atoms with Gasteiger partial charge in [0.1, 0.15) is 12.2 Å². The second-order valence-corrected chi connectivity index (χ2v) is 7.37. The molecule has 2 amide bonds. The van der Waals surface area contributed by atoms with Crippen molar-refractivity contribution < 1.29 is 19.1 Å². The van der Waals surface area contributed by atoms with Crippen molar-refractivity contribution in [1.82, 2.24) is 5.32 Å². The number of fused-ring (bicyclic) bond motifs is 1. The van der Waals surface area contributed by atoms with Crippen LogP contribution >= 0.6 is 0 Å². The fraction of sp³-hybridized carbons (Fsp3) is 0.364. The first-order valence-electron chi connectivity index (χ1n) is 9.50. The van der Waals surface area contributed by atoms with Crippen molar-refractivity contribution in [3.05, 3.63) is 53.6 Å². The van der Waals surface area contributed by atoms with Gasteiger partial charge in [0.2, 0.25) is 5.91 Å². The van der Waals surface area contributed by atoms with Crippen molar-refractivity contribution in [1.29, 1.82) is 0 Å². The van der Waals surface area contributed by atoms with Gasteiger partial charge in [0.25, 0.3) is 5.91 Å². The molecule has 3 rings (SSSR count). The number of hydrogen-bond donors (Lipinski definition) is 2. The molecule has 6 nitrogen and oxygen atoms in total. The average Bonchev–Trinajstić information content (AvgIpc) is 2.99. The van der Waals surface area contributed by atoms with Gasteiger partial charge < -0.3 is 20.1 Å². The summed E-state index contributed by atoms with van der Waals surface area (Å²) in [5.74, 6) is 1.18. The van der Waals surface area contributed by atoms with Crippen LogP contribution in [0.5, 0.6) is 11.5 Å². The van der Waals surface area contributed by atoms with Crippen molar-refractivity contribution in [2.75, 3.05) is 18.5 Å². The van der Waals surface area contributed by atoms with Gasteiger partial charge in [-0.05, 0) is 38.1 Å². The van der Waals surface area contributed by atoms with E-state index in [-0.39, 0.29) is 17.4 Å². The summed E-state index contributed by atoms with van der Waals surface area (Å²) in [5, 5.41) is 5.58. The summed E-state index contributed by atoms with van der Waals surface area (Å²) >= 11 is 0. The number of hydrogen-bond acceptors (Lipinski definition) is 4. The molecule has 1 heterocycles. The molecule has 0 unspecified atom stereocenters. The van der Waals surface area contributed by atoms with Gasteiger partial charge in [-0.25, -0.2) is 0 Å². The summed E-state index contributed by atoms with van der Waals surface area (Å²) in [6.07, 6.45) is 1.24. The van der Waals surface area contributed by atoms with E-state index >= 15 is 0 Å².